The van der Waals surface area contributed by atoms with E-state index in [0.717, 1.165) is 12.4 Å². The van der Waals surface area contributed by atoms with Gasteiger partial charge in [0.2, 0.25) is 15.3 Å². The lowest BCUT2D eigenvalue weighted by atomic mass is 10.3. The predicted octanol–water partition coefficient (Wildman–Crippen LogP) is 1.37. The molecule has 1 atom stereocenters. The van der Waals surface area contributed by atoms with E-state index in [1.165, 1.54) is 0 Å². The Bertz CT molecular complexity index is 458. The average molecular weight is 262 g/mol. The first kappa shape index (κ1) is 13.1. The van der Waals surface area contributed by atoms with Crippen LogP contribution in [0.3, 0.4) is 0 Å². The summed E-state index contributed by atoms with van der Waals surface area (Å²) in [7, 11) is -3.58. The first-order valence-corrected chi connectivity index (χ1v) is 6.42. The van der Waals surface area contributed by atoms with Gasteiger partial charge in [0.05, 0.1) is 12.4 Å². The SMILES string of the molecule is C=CCC(C)NS(=O)(=O)c1cnc(Cl)nc1. The maximum atomic E-state index is 11.8. The third-order valence-electron chi connectivity index (χ3n) is 1.78. The predicted molar refractivity (Wildman–Crippen MR) is 61.6 cm³/mol. The highest BCUT2D eigenvalue weighted by molar-refractivity contribution is 7.89. The number of hydrogen-bond donors (Lipinski definition) is 1. The van der Waals surface area contributed by atoms with E-state index in [1.807, 2.05) is 0 Å². The van der Waals surface area contributed by atoms with Crippen LogP contribution in [-0.2, 0) is 10.0 Å². The minimum Gasteiger partial charge on any atom is -0.225 e. The van der Waals surface area contributed by atoms with Crippen LogP contribution in [0.15, 0.2) is 29.9 Å². The van der Waals surface area contributed by atoms with Crippen molar-refractivity contribution in [2.24, 2.45) is 0 Å². The van der Waals surface area contributed by atoms with E-state index in [9.17, 15) is 8.42 Å². The van der Waals surface area contributed by atoms with Crippen LogP contribution in [0.1, 0.15) is 13.3 Å². The van der Waals surface area contributed by atoms with E-state index in [4.69, 9.17) is 11.6 Å². The van der Waals surface area contributed by atoms with E-state index >= 15 is 0 Å². The third-order valence-corrected chi connectivity index (χ3v) is 3.52. The molecule has 0 bridgehead atoms. The van der Waals surface area contributed by atoms with Crippen molar-refractivity contribution in [1.82, 2.24) is 14.7 Å². The van der Waals surface area contributed by atoms with E-state index in [1.54, 1.807) is 13.0 Å². The Labute approximate surface area is 99.6 Å². The van der Waals surface area contributed by atoms with Crippen LogP contribution >= 0.6 is 11.6 Å². The van der Waals surface area contributed by atoms with Gasteiger partial charge < -0.3 is 0 Å². The van der Waals surface area contributed by atoms with Crippen LogP contribution in [0.2, 0.25) is 5.28 Å². The molecule has 1 aromatic rings. The molecule has 0 spiro atoms. The number of halogens is 1. The number of nitrogens with one attached hydrogen (secondary N) is 1. The Morgan fingerprint density at radius 2 is 2.12 bits per heavy atom. The topological polar surface area (TPSA) is 72.0 Å². The van der Waals surface area contributed by atoms with Crippen LogP contribution in [0.4, 0.5) is 0 Å². The monoisotopic (exact) mass is 261 g/mol. The second-order valence-electron chi connectivity index (χ2n) is 3.23. The Balaban J connectivity index is 2.85. The maximum absolute atomic E-state index is 11.8. The molecule has 1 N–H and O–H groups in total. The summed E-state index contributed by atoms with van der Waals surface area (Å²) < 4.78 is 26.0. The van der Waals surface area contributed by atoms with Crippen molar-refractivity contribution in [3.63, 3.8) is 0 Å². The highest BCUT2D eigenvalue weighted by atomic mass is 35.5. The first-order valence-electron chi connectivity index (χ1n) is 4.56. The van der Waals surface area contributed by atoms with Gasteiger partial charge in [-0.05, 0) is 24.9 Å². The second kappa shape index (κ2) is 5.38. The zero-order valence-electron chi connectivity index (χ0n) is 8.72. The molecule has 0 radical (unpaired) electrons. The minimum absolute atomic E-state index is 0.00666. The summed E-state index contributed by atoms with van der Waals surface area (Å²) >= 11 is 5.47. The average Bonchev–Trinajstić information content (AvgIpc) is 2.17. The molecule has 0 saturated heterocycles. The molecular formula is C9H12ClN3O2S. The van der Waals surface area contributed by atoms with E-state index in [-0.39, 0.29) is 16.2 Å². The van der Waals surface area contributed by atoms with Crippen LogP contribution in [0.25, 0.3) is 0 Å². The molecule has 1 heterocycles. The van der Waals surface area contributed by atoms with E-state index in [0.29, 0.717) is 6.42 Å². The number of hydrogen-bond acceptors (Lipinski definition) is 4. The van der Waals surface area contributed by atoms with Crippen LogP contribution in [0, 0.1) is 0 Å². The zero-order valence-corrected chi connectivity index (χ0v) is 10.3. The zero-order chi connectivity index (χ0) is 12.2. The standard InChI is InChI=1S/C9H12ClN3O2S/c1-3-4-7(2)13-16(14,15)8-5-11-9(10)12-6-8/h3,5-7,13H,1,4H2,2H3. The Hall–Kier alpha value is -0.980. The van der Waals surface area contributed by atoms with Gasteiger partial charge in [0.15, 0.2) is 0 Å². The summed E-state index contributed by atoms with van der Waals surface area (Å²) in [5.41, 5.74) is 0. The summed E-state index contributed by atoms with van der Waals surface area (Å²) in [4.78, 5) is 7.22. The van der Waals surface area contributed by atoms with Crippen LogP contribution < -0.4 is 4.72 Å². The van der Waals surface area contributed by atoms with Crippen molar-refractivity contribution in [3.8, 4) is 0 Å². The Morgan fingerprint density at radius 3 is 2.62 bits per heavy atom. The van der Waals surface area contributed by atoms with E-state index < -0.39 is 10.0 Å². The van der Waals surface area contributed by atoms with Gasteiger partial charge in [-0.2, -0.15) is 0 Å². The molecule has 0 aliphatic rings. The minimum atomic E-state index is -3.58. The fourth-order valence-electron chi connectivity index (χ4n) is 1.07. The van der Waals surface area contributed by atoms with Crippen LogP contribution in [0.5, 0.6) is 0 Å². The fraction of sp³-hybridized carbons (Fsp3) is 0.333. The van der Waals surface area contributed by atoms with Crippen molar-refractivity contribution in [1.29, 1.82) is 0 Å². The number of aromatic nitrogens is 2. The summed E-state index contributed by atoms with van der Waals surface area (Å²) in [6, 6.07) is -0.224. The lowest BCUT2D eigenvalue weighted by Gasteiger charge is -2.11. The summed E-state index contributed by atoms with van der Waals surface area (Å²) in [6.07, 6.45) is 4.52. The molecule has 5 nitrogen and oxygen atoms in total. The molecule has 7 heteroatoms. The molecule has 0 aliphatic heterocycles. The summed E-state index contributed by atoms with van der Waals surface area (Å²) in [5, 5.41) is 0.0121. The van der Waals surface area contributed by atoms with Gasteiger partial charge in [0.25, 0.3) is 0 Å². The van der Waals surface area contributed by atoms with Gasteiger partial charge in [-0.1, -0.05) is 6.08 Å². The molecular weight excluding hydrogens is 250 g/mol. The van der Waals surface area contributed by atoms with Gasteiger partial charge >= 0.3 is 0 Å². The third kappa shape index (κ3) is 3.55. The normalized spacial score (nSPS) is 13.4. The molecule has 0 saturated carbocycles. The smallest absolute Gasteiger partial charge is 0.225 e. The molecule has 88 valence electrons. The van der Waals surface area contributed by atoms with Crippen molar-refractivity contribution in [2.45, 2.75) is 24.3 Å². The van der Waals surface area contributed by atoms with Crippen molar-refractivity contribution in [2.75, 3.05) is 0 Å². The van der Waals surface area contributed by atoms with Crippen LogP contribution in [-0.4, -0.2) is 24.4 Å². The van der Waals surface area contributed by atoms with E-state index in [2.05, 4.69) is 21.3 Å². The van der Waals surface area contributed by atoms with Crippen molar-refractivity contribution >= 4 is 21.6 Å². The van der Waals surface area contributed by atoms with Gasteiger partial charge in [-0.25, -0.2) is 23.1 Å². The highest BCUT2D eigenvalue weighted by Gasteiger charge is 2.17. The molecule has 0 amide bonds. The summed E-state index contributed by atoms with van der Waals surface area (Å²) in [6.45, 7) is 5.28. The van der Waals surface area contributed by atoms with Gasteiger partial charge in [0.1, 0.15) is 4.90 Å². The second-order valence-corrected chi connectivity index (χ2v) is 5.29. The fourth-order valence-corrected chi connectivity index (χ4v) is 2.31. The first-order chi connectivity index (χ1) is 7.45. The van der Waals surface area contributed by atoms with Gasteiger partial charge in [-0.3, -0.25) is 0 Å². The maximum Gasteiger partial charge on any atom is 0.243 e. The Kier molecular flexibility index (Phi) is 4.40. The molecule has 0 aromatic carbocycles. The molecule has 1 aromatic heterocycles. The quantitative estimate of drug-likeness (QED) is 0.642. The lowest BCUT2D eigenvalue weighted by Crippen LogP contribution is -2.32. The van der Waals surface area contributed by atoms with Gasteiger partial charge in [-0.15, -0.1) is 6.58 Å². The largest absolute Gasteiger partial charge is 0.243 e. The highest BCUT2D eigenvalue weighted by Crippen LogP contribution is 2.08. The number of nitrogens with zero attached hydrogens (tertiary/aromatic N) is 2. The number of sulfonamides is 1. The van der Waals surface area contributed by atoms with Gasteiger partial charge in [0, 0.05) is 6.04 Å². The van der Waals surface area contributed by atoms with Crippen molar-refractivity contribution < 1.29 is 8.42 Å². The molecule has 1 rings (SSSR count). The Morgan fingerprint density at radius 1 is 1.56 bits per heavy atom. The lowest BCUT2D eigenvalue weighted by molar-refractivity contribution is 0.561. The van der Waals surface area contributed by atoms with Crippen molar-refractivity contribution in [3.05, 3.63) is 30.3 Å². The number of rotatable bonds is 5. The molecule has 16 heavy (non-hydrogen) atoms. The molecule has 1 unspecified atom stereocenters. The summed E-state index contributed by atoms with van der Waals surface area (Å²) in [5.74, 6) is 0. The molecule has 0 fully saturated rings. The molecule has 0 aliphatic carbocycles.